The molecule has 0 amide bonds. The number of hydrogen-bond acceptors (Lipinski definition) is 6. The van der Waals surface area contributed by atoms with Crippen LogP contribution in [0.1, 0.15) is 61.5 Å². The summed E-state index contributed by atoms with van der Waals surface area (Å²) < 4.78 is 17.8. The fourth-order valence-electron chi connectivity index (χ4n) is 4.84. The first-order valence-electron chi connectivity index (χ1n) is 10.9. The van der Waals surface area contributed by atoms with Crippen molar-refractivity contribution in [3.05, 3.63) is 50.8 Å². The van der Waals surface area contributed by atoms with Crippen LogP contribution in [-0.2, 0) is 9.47 Å². The topological polar surface area (TPSA) is 70.0 Å². The van der Waals surface area contributed by atoms with Crippen LogP contribution in [0.2, 0.25) is 5.02 Å². The van der Waals surface area contributed by atoms with Crippen molar-refractivity contribution in [1.82, 2.24) is 4.68 Å². The molecule has 1 aromatic carbocycles. The molecule has 0 N–H and O–H groups in total. The van der Waals surface area contributed by atoms with Gasteiger partial charge in [0.25, 0.3) is 0 Å². The number of fused-ring (bicyclic) bond motifs is 6. The van der Waals surface area contributed by atoms with Crippen LogP contribution in [0.3, 0.4) is 0 Å². The number of aromatic nitrogens is 1. The lowest BCUT2D eigenvalue weighted by Crippen LogP contribution is -2.57. The van der Waals surface area contributed by atoms with Gasteiger partial charge in [-0.2, -0.15) is 0 Å². The van der Waals surface area contributed by atoms with Crippen molar-refractivity contribution in [2.75, 3.05) is 32.4 Å². The first-order chi connectivity index (χ1) is 15.3. The summed E-state index contributed by atoms with van der Waals surface area (Å²) in [5.41, 5.74) is 2.12. The monoisotopic (exact) mass is 460 g/mol. The minimum atomic E-state index is -0.639. The van der Waals surface area contributed by atoms with Crippen molar-refractivity contribution in [3.8, 4) is 17.0 Å². The molecule has 0 radical (unpaired) electrons. The number of nitrogens with zero attached hydrogens (tertiary/aromatic N) is 2. The van der Waals surface area contributed by atoms with E-state index in [1.54, 1.807) is 13.3 Å². The van der Waals surface area contributed by atoms with Gasteiger partial charge >= 0.3 is 5.97 Å². The minimum absolute atomic E-state index is 0.0176. The van der Waals surface area contributed by atoms with Gasteiger partial charge in [0.2, 0.25) is 0 Å². The lowest BCUT2D eigenvalue weighted by Gasteiger charge is -2.53. The van der Waals surface area contributed by atoms with Crippen molar-refractivity contribution < 1.29 is 19.0 Å². The van der Waals surface area contributed by atoms with Crippen LogP contribution in [-0.4, -0.2) is 43.6 Å². The molecule has 0 unspecified atom stereocenters. The van der Waals surface area contributed by atoms with Crippen molar-refractivity contribution in [2.45, 2.75) is 51.1 Å². The summed E-state index contributed by atoms with van der Waals surface area (Å²) in [6.07, 6.45) is 5.38. The number of pyridine rings is 1. The van der Waals surface area contributed by atoms with Crippen molar-refractivity contribution in [1.29, 1.82) is 0 Å². The lowest BCUT2D eigenvalue weighted by atomic mass is 9.82. The van der Waals surface area contributed by atoms with Crippen LogP contribution in [0.4, 0.5) is 0 Å². The van der Waals surface area contributed by atoms with Crippen LogP contribution in [0.25, 0.3) is 11.3 Å². The zero-order valence-corrected chi connectivity index (χ0v) is 19.7. The molecule has 0 bridgehead atoms. The Labute approximate surface area is 192 Å². The standard InChI is InChI=1S/C24H29ClN2O5/c1-24(2)8-5-7-19-16-12-22(32-10-6-9-30-3)18(25)11-15(16)20-13-21(28)17(23(29)31-4)14-26(20)27(19)24/h11-14,19H,5-10H2,1-4H3/t19-/m0/s1. The molecule has 2 aliphatic heterocycles. The Balaban J connectivity index is 1.88. The first kappa shape index (κ1) is 22.7. The second-order valence-corrected chi connectivity index (χ2v) is 9.31. The number of carbonyl (C=O) groups is 1. The number of esters is 1. The maximum absolute atomic E-state index is 12.8. The van der Waals surface area contributed by atoms with Crippen molar-refractivity contribution in [2.24, 2.45) is 0 Å². The molecule has 1 saturated heterocycles. The zero-order chi connectivity index (χ0) is 23.0. The second kappa shape index (κ2) is 8.79. The summed E-state index contributed by atoms with van der Waals surface area (Å²) in [4.78, 5) is 25.0. The Kier molecular flexibility index (Phi) is 6.23. The van der Waals surface area contributed by atoms with E-state index in [1.807, 2.05) is 16.8 Å². The molecule has 2 aliphatic rings. The Morgan fingerprint density at radius 1 is 1.22 bits per heavy atom. The van der Waals surface area contributed by atoms with Gasteiger partial charge in [-0.1, -0.05) is 11.6 Å². The van der Waals surface area contributed by atoms with E-state index in [2.05, 4.69) is 18.9 Å². The average molecular weight is 461 g/mol. The van der Waals surface area contributed by atoms with Gasteiger partial charge in [-0.15, -0.1) is 0 Å². The molecule has 0 spiro atoms. The average Bonchev–Trinajstić information content (AvgIpc) is 2.76. The van der Waals surface area contributed by atoms with Crippen molar-refractivity contribution >= 4 is 17.6 Å². The quantitative estimate of drug-likeness (QED) is 0.472. The predicted molar refractivity (Wildman–Crippen MR) is 123 cm³/mol. The number of carbonyl (C=O) groups excluding carboxylic acids is 1. The van der Waals surface area contributed by atoms with Gasteiger partial charge in [-0.05, 0) is 50.8 Å². The minimum Gasteiger partial charge on any atom is -0.492 e. The van der Waals surface area contributed by atoms with Gasteiger partial charge in [0.1, 0.15) is 11.3 Å². The summed E-state index contributed by atoms with van der Waals surface area (Å²) in [6, 6.07) is 5.44. The zero-order valence-electron chi connectivity index (χ0n) is 18.9. The first-order valence-corrected chi connectivity index (χ1v) is 11.3. The summed E-state index contributed by atoms with van der Waals surface area (Å²) in [5, 5.41) is 2.75. The Bertz CT molecular complexity index is 1090. The SMILES string of the molecule is COCCCOc1cc2c(cc1Cl)-c1cc(=O)c(C(=O)OC)cn1N1[C@H]2CCCC1(C)C. The van der Waals surface area contributed by atoms with Crippen molar-refractivity contribution in [3.63, 3.8) is 0 Å². The van der Waals surface area contributed by atoms with Crippen LogP contribution >= 0.6 is 11.6 Å². The van der Waals surface area contributed by atoms with E-state index < -0.39 is 5.97 Å². The fourth-order valence-corrected chi connectivity index (χ4v) is 5.06. The Morgan fingerprint density at radius 2 is 2.00 bits per heavy atom. The number of methoxy groups -OCH3 is 2. The lowest BCUT2D eigenvalue weighted by molar-refractivity contribution is 0.0597. The highest BCUT2D eigenvalue weighted by atomic mass is 35.5. The van der Waals surface area contributed by atoms with E-state index in [0.717, 1.165) is 36.8 Å². The molecule has 1 atom stereocenters. The largest absolute Gasteiger partial charge is 0.492 e. The number of benzene rings is 1. The summed E-state index contributed by atoms with van der Waals surface area (Å²) in [6.45, 7) is 5.49. The fraction of sp³-hybridized carbons (Fsp3) is 0.500. The Morgan fingerprint density at radius 3 is 2.72 bits per heavy atom. The third-order valence-electron chi connectivity index (χ3n) is 6.34. The second-order valence-electron chi connectivity index (χ2n) is 8.90. The molecule has 32 heavy (non-hydrogen) atoms. The maximum atomic E-state index is 12.8. The normalized spacial score (nSPS) is 18.4. The van der Waals surface area contributed by atoms with E-state index in [-0.39, 0.29) is 22.6 Å². The molecule has 2 aromatic rings. The number of ether oxygens (including phenoxy) is 3. The van der Waals surface area contributed by atoms with Gasteiger partial charge < -0.3 is 14.2 Å². The van der Waals surface area contributed by atoms with E-state index in [4.69, 9.17) is 25.8 Å². The molecule has 8 heteroatoms. The Hall–Kier alpha value is -2.51. The number of piperidine rings is 1. The molecule has 1 aromatic heterocycles. The van der Waals surface area contributed by atoms with E-state index in [1.165, 1.54) is 13.2 Å². The molecule has 0 aliphatic carbocycles. The highest BCUT2D eigenvalue weighted by Crippen LogP contribution is 2.48. The summed E-state index contributed by atoms with van der Waals surface area (Å²) in [7, 11) is 2.94. The third kappa shape index (κ3) is 3.88. The highest BCUT2D eigenvalue weighted by molar-refractivity contribution is 6.32. The van der Waals surface area contributed by atoms with E-state index >= 15 is 0 Å². The summed E-state index contributed by atoms with van der Waals surface area (Å²) in [5.74, 6) is -0.00729. The van der Waals surface area contributed by atoms with Gasteiger partial charge in [-0.3, -0.25) is 14.5 Å². The van der Waals surface area contributed by atoms with Crippen LogP contribution < -0.4 is 15.2 Å². The number of rotatable bonds is 6. The number of halogens is 1. The molecule has 7 nitrogen and oxygen atoms in total. The maximum Gasteiger partial charge on any atom is 0.343 e. The van der Waals surface area contributed by atoms with Crippen LogP contribution in [0.15, 0.2) is 29.2 Å². The van der Waals surface area contributed by atoms with Gasteiger partial charge in [-0.25, -0.2) is 4.79 Å². The van der Waals surface area contributed by atoms with Crippen LogP contribution in [0.5, 0.6) is 5.75 Å². The molecule has 4 rings (SSSR count). The molecule has 0 saturated carbocycles. The molecule has 3 heterocycles. The number of hydrogen-bond donors (Lipinski definition) is 0. The van der Waals surface area contributed by atoms with Gasteiger partial charge in [0, 0.05) is 38.0 Å². The predicted octanol–water partition coefficient (Wildman–Crippen LogP) is 4.33. The van der Waals surface area contributed by atoms with E-state index in [9.17, 15) is 9.59 Å². The molecule has 1 fully saturated rings. The molecular formula is C24H29ClN2O5. The third-order valence-corrected chi connectivity index (χ3v) is 6.64. The van der Waals surface area contributed by atoms with Crippen LogP contribution in [0, 0.1) is 0 Å². The molecular weight excluding hydrogens is 432 g/mol. The van der Waals surface area contributed by atoms with Gasteiger partial charge in [0.05, 0.1) is 36.0 Å². The van der Waals surface area contributed by atoms with E-state index in [0.29, 0.717) is 29.7 Å². The summed E-state index contributed by atoms with van der Waals surface area (Å²) >= 11 is 6.58. The smallest absolute Gasteiger partial charge is 0.343 e. The molecule has 172 valence electrons. The van der Waals surface area contributed by atoms with Gasteiger partial charge in [0.15, 0.2) is 5.43 Å². The highest BCUT2D eigenvalue weighted by Gasteiger charge is 2.42.